The van der Waals surface area contributed by atoms with Crippen molar-refractivity contribution < 1.29 is 8.42 Å². The third-order valence-corrected chi connectivity index (χ3v) is 4.51. The fourth-order valence-electron chi connectivity index (χ4n) is 2.46. The van der Waals surface area contributed by atoms with Crippen molar-refractivity contribution in [2.45, 2.75) is 32.2 Å². The molecule has 21 heavy (non-hydrogen) atoms. The molecule has 0 radical (unpaired) electrons. The fourth-order valence-corrected chi connectivity index (χ4v) is 3.15. The highest BCUT2D eigenvalue weighted by Crippen LogP contribution is 2.23. The summed E-state index contributed by atoms with van der Waals surface area (Å²) in [7, 11) is -2.90. The van der Waals surface area contributed by atoms with Crippen LogP contribution in [0, 0.1) is 0 Å². The summed E-state index contributed by atoms with van der Waals surface area (Å²) in [6.07, 6.45) is 7.58. The molecule has 2 aromatic heterocycles. The maximum Gasteiger partial charge on any atom is 0.147 e. The molecule has 116 valence electrons. The number of nitrogens with one attached hydrogen (secondary N) is 1. The molecule has 5 nitrogen and oxygen atoms in total. The van der Waals surface area contributed by atoms with Gasteiger partial charge in [-0.3, -0.25) is 0 Å². The Hall–Kier alpha value is -1.40. The SMILES string of the molecule is CCCNC(CCCS(C)(=O)=O)c1cnn2ccccc12. The van der Waals surface area contributed by atoms with Gasteiger partial charge in [-0.25, -0.2) is 12.9 Å². The van der Waals surface area contributed by atoms with Crippen molar-refractivity contribution in [3.8, 4) is 0 Å². The van der Waals surface area contributed by atoms with Crippen LogP contribution in [0.15, 0.2) is 30.6 Å². The van der Waals surface area contributed by atoms with E-state index in [-0.39, 0.29) is 11.8 Å². The van der Waals surface area contributed by atoms with Crippen molar-refractivity contribution in [1.82, 2.24) is 14.9 Å². The topological polar surface area (TPSA) is 63.5 Å². The van der Waals surface area contributed by atoms with Gasteiger partial charge in [0, 0.05) is 29.8 Å². The van der Waals surface area contributed by atoms with E-state index in [1.807, 2.05) is 35.1 Å². The van der Waals surface area contributed by atoms with Crippen LogP contribution in [0.25, 0.3) is 5.52 Å². The Balaban J connectivity index is 2.15. The lowest BCUT2D eigenvalue weighted by molar-refractivity contribution is 0.495. The Morgan fingerprint density at radius 1 is 1.38 bits per heavy atom. The predicted molar refractivity (Wildman–Crippen MR) is 85.2 cm³/mol. The second-order valence-electron chi connectivity index (χ2n) is 5.41. The van der Waals surface area contributed by atoms with E-state index in [4.69, 9.17) is 0 Å². The summed E-state index contributed by atoms with van der Waals surface area (Å²) in [5.74, 6) is 0.233. The van der Waals surface area contributed by atoms with Gasteiger partial charge in [-0.1, -0.05) is 13.0 Å². The molecule has 2 heterocycles. The molecular formula is C15H23N3O2S. The van der Waals surface area contributed by atoms with Crippen molar-refractivity contribution >= 4 is 15.4 Å². The van der Waals surface area contributed by atoms with E-state index in [1.165, 1.54) is 6.26 Å². The molecule has 2 rings (SSSR count). The smallest absolute Gasteiger partial charge is 0.147 e. The lowest BCUT2D eigenvalue weighted by Crippen LogP contribution is -2.22. The van der Waals surface area contributed by atoms with Crippen molar-refractivity contribution in [2.24, 2.45) is 0 Å². The second-order valence-corrected chi connectivity index (χ2v) is 7.67. The number of hydrogen-bond acceptors (Lipinski definition) is 4. The van der Waals surface area contributed by atoms with Crippen LogP contribution in [0.3, 0.4) is 0 Å². The van der Waals surface area contributed by atoms with Crippen molar-refractivity contribution in [2.75, 3.05) is 18.6 Å². The summed E-state index contributed by atoms with van der Waals surface area (Å²) in [6, 6.07) is 6.13. The summed E-state index contributed by atoms with van der Waals surface area (Å²) in [5, 5.41) is 7.86. The molecule has 0 amide bonds. The molecule has 0 spiro atoms. The first-order chi connectivity index (χ1) is 10.0. The third-order valence-electron chi connectivity index (χ3n) is 3.48. The molecule has 1 unspecified atom stereocenters. The third kappa shape index (κ3) is 4.54. The second kappa shape index (κ2) is 7.04. The minimum atomic E-state index is -2.90. The van der Waals surface area contributed by atoms with Gasteiger partial charge in [0.1, 0.15) is 9.84 Å². The highest BCUT2D eigenvalue weighted by molar-refractivity contribution is 7.90. The monoisotopic (exact) mass is 309 g/mol. The number of aromatic nitrogens is 2. The molecule has 0 saturated carbocycles. The molecule has 0 saturated heterocycles. The molecule has 0 aliphatic heterocycles. The van der Waals surface area contributed by atoms with Gasteiger partial charge in [-0.05, 0) is 37.9 Å². The van der Waals surface area contributed by atoms with Crippen LogP contribution in [0.2, 0.25) is 0 Å². The Kier molecular flexibility index (Phi) is 5.36. The van der Waals surface area contributed by atoms with Gasteiger partial charge in [-0.2, -0.15) is 5.10 Å². The molecule has 0 bridgehead atoms. The highest BCUT2D eigenvalue weighted by Gasteiger charge is 2.16. The predicted octanol–water partition coefficient (Wildman–Crippen LogP) is 2.20. The molecule has 6 heteroatoms. The highest BCUT2D eigenvalue weighted by atomic mass is 32.2. The number of pyridine rings is 1. The fraction of sp³-hybridized carbons (Fsp3) is 0.533. The lowest BCUT2D eigenvalue weighted by atomic mass is 10.0. The van der Waals surface area contributed by atoms with Gasteiger partial charge in [0.25, 0.3) is 0 Å². The maximum atomic E-state index is 11.3. The largest absolute Gasteiger partial charge is 0.310 e. The lowest BCUT2D eigenvalue weighted by Gasteiger charge is -2.17. The van der Waals surface area contributed by atoms with Gasteiger partial charge in [0.15, 0.2) is 0 Å². The van der Waals surface area contributed by atoms with Crippen molar-refractivity contribution in [3.05, 3.63) is 36.2 Å². The van der Waals surface area contributed by atoms with E-state index in [0.29, 0.717) is 6.42 Å². The molecular weight excluding hydrogens is 286 g/mol. The first-order valence-electron chi connectivity index (χ1n) is 7.34. The zero-order valence-corrected chi connectivity index (χ0v) is 13.4. The first-order valence-corrected chi connectivity index (χ1v) is 9.40. The minimum Gasteiger partial charge on any atom is -0.310 e. The van der Waals surface area contributed by atoms with Crippen LogP contribution in [0.5, 0.6) is 0 Å². The van der Waals surface area contributed by atoms with E-state index in [0.717, 1.165) is 30.5 Å². The Morgan fingerprint density at radius 3 is 2.90 bits per heavy atom. The van der Waals surface area contributed by atoms with Crippen molar-refractivity contribution in [3.63, 3.8) is 0 Å². The van der Waals surface area contributed by atoms with Gasteiger partial charge >= 0.3 is 0 Å². The summed E-state index contributed by atoms with van der Waals surface area (Å²) in [6.45, 7) is 3.03. The number of sulfone groups is 1. The molecule has 1 N–H and O–H groups in total. The zero-order chi connectivity index (χ0) is 15.3. The zero-order valence-electron chi connectivity index (χ0n) is 12.6. The minimum absolute atomic E-state index is 0.145. The Morgan fingerprint density at radius 2 is 2.19 bits per heavy atom. The van der Waals surface area contributed by atoms with E-state index in [1.54, 1.807) is 0 Å². The van der Waals surface area contributed by atoms with Crippen LogP contribution in [0.4, 0.5) is 0 Å². The standard InChI is InChI=1S/C15H23N3O2S/c1-3-9-16-14(7-6-11-21(2,19)20)13-12-17-18-10-5-4-8-15(13)18/h4-5,8,10,12,14,16H,3,6-7,9,11H2,1-2H3. The molecule has 0 aromatic carbocycles. The summed E-state index contributed by atoms with van der Waals surface area (Å²) < 4.78 is 24.4. The molecule has 2 aromatic rings. The summed E-state index contributed by atoms with van der Waals surface area (Å²) >= 11 is 0. The maximum absolute atomic E-state index is 11.3. The van der Waals surface area contributed by atoms with Gasteiger partial charge in [-0.15, -0.1) is 0 Å². The molecule has 0 fully saturated rings. The quantitative estimate of drug-likeness (QED) is 0.812. The summed E-state index contributed by atoms with van der Waals surface area (Å²) in [4.78, 5) is 0. The number of rotatable bonds is 8. The molecule has 0 aliphatic rings. The van der Waals surface area contributed by atoms with Gasteiger partial charge < -0.3 is 5.32 Å². The molecule has 0 aliphatic carbocycles. The number of hydrogen-bond donors (Lipinski definition) is 1. The van der Waals surface area contributed by atoms with Crippen LogP contribution in [-0.4, -0.2) is 36.6 Å². The Bertz CT molecular complexity index is 679. The molecule has 1 atom stereocenters. The van der Waals surface area contributed by atoms with E-state index >= 15 is 0 Å². The van der Waals surface area contributed by atoms with Crippen molar-refractivity contribution in [1.29, 1.82) is 0 Å². The van der Waals surface area contributed by atoms with Gasteiger partial charge in [0.2, 0.25) is 0 Å². The van der Waals surface area contributed by atoms with Crippen LogP contribution < -0.4 is 5.32 Å². The number of fused-ring (bicyclic) bond motifs is 1. The average molecular weight is 309 g/mol. The normalized spacial score (nSPS) is 13.6. The van der Waals surface area contributed by atoms with Crippen LogP contribution in [0.1, 0.15) is 37.8 Å². The van der Waals surface area contributed by atoms with Crippen LogP contribution >= 0.6 is 0 Å². The summed E-state index contributed by atoms with van der Waals surface area (Å²) in [5.41, 5.74) is 2.21. The van der Waals surface area contributed by atoms with Gasteiger partial charge in [0.05, 0.1) is 11.7 Å². The first kappa shape index (κ1) is 16.0. The van der Waals surface area contributed by atoms with E-state index in [9.17, 15) is 8.42 Å². The average Bonchev–Trinajstić information content (AvgIpc) is 2.85. The number of nitrogens with zero attached hydrogens (tertiary/aromatic N) is 2. The van der Waals surface area contributed by atoms with E-state index in [2.05, 4.69) is 17.3 Å². The van der Waals surface area contributed by atoms with E-state index < -0.39 is 9.84 Å². The Labute approximate surface area is 126 Å². The van der Waals surface area contributed by atoms with Crippen LogP contribution in [-0.2, 0) is 9.84 Å².